The van der Waals surface area contributed by atoms with Crippen LogP contribution in [0.5, 0.6) is 0 Å². The van der Waals surface area contributed by atoms with E-state index in [0.29, 0.717) is 12.8 Å². The molecule has 24 heavy (non-hydrogen) atoms. The van der Waals surface area contributed by atoms with Crippen molar-refractivity contribution in [2.75, 3.05) is 0 Å². The average molecular weight is 336 g/mol. The summed E-state index contributed by atoms with van der Waals surface area (Å²) in [6, 6.07) is 0. The first-order valence-electron chi connectivity index (χ1n) is 9.67. The molecule has 4 rings (SSSR count). The molecule has 0 radical (unpaired) electrons. The molecule has 0 unspecified atom stereocenters. The summed E-state index contributed by atoms with van der Waals surface area (Å²) in [5.74, 6) is -0.727. The summed E-state index contributed by atoms with van der Waals surface area (Å²) < 4.78 is 0. The Morgan fingerprint density at radius 1 is 1.04 bits per heavy atom. The molecule has 0 heterocycles. The number of carbonyl (C=O) groups is 1. The lowest BCUT2D eigenvalue weighted by Crippen LogP contribution is -2.70. The fourth-order valence-corrected chi connectivity index (χ4v) is 7.80. The number of hydrogen-bond acceptors (Lipinski definition) is 3. The van der Waals surface area contributed by atoms with Crippen LogP contribution in [0.3, 0.4) is 0 Å². The fraction of sp³-hybridized carbons (Fsp3) is 0.950. The third kappa shape index (κ3) is 1.65. The van der Waals surface area contributed by atoms with Crippen LogP contribution in [0.1, 0.15) is 78.6 Å². The molecule has 0 aromatic heterocycles. The summed E-state index contributed by atoms with van der Waals surface area (Å²) in [6.45, 7) is 6.19. The van der Waals surface area contributed by atoms with E-state index in [2.05, 4.69) is 13.8 Å². The lowest BCUT2D eigenvalue weighted by Gasteiger charge is -2.68. The van der Waals surface area contributed by atoms with Crippen molar-refractivity contribution in [1.82, 2.24) is 0 Å². The maximum absolute atomic E-state index is 12.1. The highest BCUT2D eigenvalue weighted by Crippen LogP contribution is 2.75. The molecule has 0 aromatic rings. The zero-order chi connectivity index (χ0) is 17.6. The second-order valence-electron chi connectivity index (χ2n) is 10.3. The summed E-state index contributed by atoms with van der Waals surface area (Å²) >= 11 is 0. The monoisotopic (exact) mass is 336 g/mol. The van der Waals surface area contributed by atoms with Crippen LogP contribution in [-0.2, 0) is 4.79 Å². The van der Waals surface area contributed by atoms with Gasteiger partial charge in [-0.1, -0.05) is 20.3 Å². The van der Waals surface area contributed by atoms with Crippen molar-refractivity contribution in [3.8, 4) is 0 Å². The molecule has 4 aliphatic rings. The van der Waals surface area contributed by atoms with Crippen molar-refractivity contribution >= 4 is 5.97 Å². The van der Waals surface area contributed by atoms with E-state index < -0.39 is 28.5 Å². The summed E-state index contributed by atoms with van der Waals surface area (Å²) in [5, 5.41) is 32.8. The minimum atomic E-state index is -0.935. The van der Waals surface area contributed by atoms with Crippen LogP contribution in [-0.4, -0.2) is 33.0 Å². The molecule has 0 saturated heterocycles. The minimum absolute atomic E-state index is 0.0102. The Labute approximate surface area is 144 Å². The van der Waals surface area contributed by atoms with Crippen molar-refractivity contribution in [1.29, 1.82) is 0 Å². The van der Waals surface area contributed by atoms with Crippen LogP contribution in [0, 0.1) is 27.6 Å². The maximum atomic E-state index is 12.1. The number of aliphatic hydroxyl groups excluding tert-OH is 1. The van der Waals surface area contributed by atoms with Crippen molar-refractivity contribution in [3.05, 3.63) is 0 Å². The van der Waals surface area contributed by atoms with Gasteiger partial charge in [-0.05, 0) is 63.2 Å². The highest BCUT2D eigenvalue weighted by atomic mass is 16.4. The molecule has 136 valence electrons. The van der Waals surface area contributed by atoms with Crippen LogP contribution in [0.4, 0.5) is 0 Å². The average Bonchev–Trinajstić information content (AvgIpc) is 2.81. The Bertz CT molecular complexity index is 590. The first-order chi connectivity index (χ1) is 11.0. The summed E-state index contributed by atoms with van der Waals surface area (Å²) in [6.07, 6.45) is 7.03. The highest BCUT2D eigenvalue weighted by molar-refractivity contribution is 5.75. The molecular formula is C20H32O4. The van der Waals surface area contributed by atoms with Gasteiger partial charge >= 0.3 is 5.97 Å². The Kier molecular flexibility index (Phi) is 3.20. The van der Waals surface area contributed by atoms with E-state index in [9.17, 15) is 20.1 Å². The van der Waals surface area contributed by atoms with Gasteiger partial charge in [-0.2, -0.15) is 0 Å². The van der Waals surface area contributed by atoms with Crippen LogP contribution >= 0.6 is 0 Å². The standard InChI is InChI=1S/C20H32O4/c1-16-9-10-19(12-16)8-5-13-17(2,15(22)23)6-4-7-18(13,3)20(19,24)11-14(16)21/h13-14,21,24H,4-12H2,1-3H3,(H,22,23)/t13-,14-,16-,17-,18-,19+,20-/m1/s1. The number of rotatable bonds is 1. The van der Waals surface area contributed by atoms with Gasteiger partial charge in [0.25, 0.3) is 0 Å². The van der Waals surface area contributed by atoms with E-state index in [1.54, 1.807) is 0 Å². The van der Waals surface area contributed by atoms with E-state index in [0.717, 1.165) is 44.9 Å². The number of aliphatic hydroxyl groups is 2. The summed E-state index contributed by atoms with van der Waals surface area (Å²) in [4.78, 5) is 12.1. The summed E-state index contributed by atoms with van der Waals surface area (Å²) in [7, 11) is 0. The predicted octanol–water partition coefficient (Wildman–Crippen LogP) is 3.35. The summed E-state index contributed by atoms with van der Waals surface area (Å²) in [5.41, 5.74) is -2.30. The van der Waals surface area contributed by atoms with Crippen LogP contribution in [0.25, 0.3) is 0 Å². The SMILES string of the molecule is C[C@]12CC[C@@]3(CC[C@@H]4[C@](C)(C(=O)O)CCC[C@@]4(C)[C@]3(O)C[C@H]1O)C2. The number of fused-ring (bicyclic) bond motifs is 3. The minimum Gasteiger partial charge on any atom is -0.481 e. The van der Waals surface area contributed by atoms with Gasteiger partial charge in [-0.15, -0.1) is 0 Å². The Hall–Kier alpha value is -0.610. The first kappa shape index (κ1) is 16.8. The van der Waals surface area contributed by atoms with E-state index in [1.807, 2.05) is 6.92 Å². The second-order valence-corrected chi connectivity index (χ2v) is 10.3. The smallest absolute Gasteiger partial charge is 0.309 e. The van der Waals surface area contributed by atoms with Crippen LogP contribution < -0.4 is 0 Å². The quantitative estimate of drug-likeness (QED) is 0.686. The molecule has 7 atom stereocenters. The van der Waals surface area contributed by atoms with E-state index >= 15 is 0 Å². The normalized spacial score (nSPS) is 59.5. The van der Waals surface area contributed by atoms with Gasteiger partial charge in [0, 0.05) is 17.3 Å². The van der Waals surface area contributed by atoms with Gasteiger partial charge in [-0.25, -0.2) is 0 Å². The topological polar surface area (TPSA) is 77.8 Å². The Balaban J connectivity index is 1.83. The Morgan fingerprint density at radius 3 is 2.42 bits per heavy atom. The van der Waals surface area contributed by atoms with Gasteiger partial charge in [0.05, 0.1) is 17.1 Å². The van der Waals surface area contributed by atoms with E-state index in [-0.39, 0.29) is 16.7 Å². The zero-order valence-corrected chi connectivity index (χ0v) is 15.3. The van der Waals surface area contributed by atoms with Gasteiger partial charge in [0.2, 0.25) is 0 Å². The third-order valence-electron chi connectivity index (χ3n) is 9.36. The van der Waals surface area contributed by atoms with Crippen LogP contribution in [0.2, 0.25) is 0 Å². The molecule has 4 fully saturated rings. The number of carboxylic acids is 1. The van der Waals surface area contributed by atoms with E-state index in [1.165, 1.54) is 0 Å². The Morgan fingerprint density at radius 2 is 1.75 bits per heavy atom. The lowest BCUT2D eigenvalue weighted by molar-refractivity contribution is -0.279. The fourth-order valence-electron chi connectivity index (χ4n) is 7.80. The zero-order valence-electron chi connectivity index (χ0n) is 15.3. The molecule has 0 aromatic carbocycles. The molecule has 0 aliphatic heterocycles. The molecule has 1 spiro atoms. The number of hydrogen-bond donors (Lipinski definition) is 3. The molecule has 3 N–H and O–H groups in total. The van der Waals surface area contributed by atoms with Crippen molar-refractivity contribution in [2.24, 2.45) is 27.6 Å². The molecule has 2 bridgehead atoms. The lowest BCUT2D eigenvalue weighted by atomic mass is 9.38. The molecule has 4 saturated carbocycles. The second kappa shape index (κ2) is 4.56. The van der Waals surface area contributed by atoms with E-state index in [4.69, 9.17) is 0 Å². The number of aliphatic carboxylic acids is 1. The van der Waals surface area contributed by atoms with Gasteiger partial charge in [0.15, 0.2) is 0 Å². The molecule has 4 aliphatic carbocycles. The molecular weight excluding hydrogens is 304 g/mol. The molecule has 0 amide bonds. The maximum Gasteiger partial charge on any atom is 0.309 e. The first-order valence-corrected chi connectivity index (χ1v) is 9.67. The van der Waals surface area contributed by atoms with Crippen molar-refractivity contribution in [2.45, 2.75) is 90.3 Å². The van der Waals surface area contributed by atoms with Gasteiger partial charge < -0.3 is 15.3 Å². The van der Waals surface area contributed by atoms with Crippen molar-refractivity contribution in [3.63, 3.8) is 0 Å². The molecule has 4 nitrogen and oxygen atoms in total. The van der Waals surface area contributed by atoms with Crippen molar-refractivity contribution < 1.29 is 20.1 Å². The predicted molar refractivity (Wildman–Crippen MR) is 90.4 cm³/mol. The third-order valence-corrected chi connectivity index (χ3v) is 9.36. The van der Waals surface area contributed by atoms with Gasteiger partial charge in [0.1, 0.15) is 0 Å². The largest absolute Gasteiger partial charge is 0.481 e. The van der Waals surface area contributed by atoms with Crippen LogP contribution in [0.15, 0.2) is 0 Å². The number of carboxylic acid groups (broad SMARTS) is 1. The molecule has 4 heteroatoms. The highest BCUT2D eigenvalue weighted by Gasteiger charge is 2.74. The van der Waals surface area contributed by atoms with Gasteiger partial charge in [-0.3, -0.25) is 4.79 Å².